The van der Waals surface area contributed by atoms with Crippen LogP contribution in [0.4, 0.5) is 0 Å². The molecule has 6 heteroatoms. The van der Waals surface area contributed by atoms with Crippen molar-refractivity contribution >= 4 is 28.2 Å². The summed E-state index contributed by atoms with van der Waals surface area (Å²) in [6.07, 6.45) is 4.84. The van der Waals surface area contributed by atoms with E-state index in [1.165, 1.54) is 10.9 Å². The van der Waals surface area contributed by atoms with Crippen LogP contribution in [-0.4, -0.2) is 28.9 Å². The van der Waals surface area contributed by atoms with Crippen LogP contribution < -0.4 is 5.32 Å². The summed E-state index contributed by atoms with van der Waals surface area (Å²) in [5, 5.41) is 7.56. The summed E-state index contributed by atoms with van der Waals surface area (Å²) in [6.45, 7) is 11.0. The summed E-state index contributed by atoms with van der Waals surface area (Å²) >= 11 is 1.64. The Kier molecular flexibility index (Phi) is 6.49. The number of carbonyl (C=O) groups is 1. The molecule has 1 atom stereocenters. The lowest BCUT2D eigenvalue weighted by Gasteiger charge is -2.36. The van der Waals surface area contributed by atoms with Gasteiger partial charge < -0.3 is 9.73 Å². The van der Waals surface area contributed by atoms with Gasteiger partial charge in [-0.1, -0.05) is 45.9 Å². The van der Waals surface area contributed by atoms with Gasteiger partial charge in [-0.25, -0.2) is 4.98 Å². The lowest BCUT2D eigenvalue weighted by atomic mass is 9.87. The van der Waals surface area contributed by atoms with Crippen LogP contribution in [0.3, 0.4) is 0 Å². The number of benzene rings is 1. The first-order chi connectivity index (χ1) is 14.9. The van der Waals surface area contributed by atoms with E-state index in [0.717, 1.165) is 55.2 Å². The van der Waals surface area contributed by atoms with Crippen molar-refractivity contribution < 1.29 is 9.21 Å². The number of aromatic nitrogens is 1. The highest BCUT2D eigenvalue weighted by atomic mass is 32.1. The zero-order valence-corrected chi connectivity index (χ0v) is 19.8. The minimum Gasteiger partial charge on any atom is -0.461 e. The summed E-state index contributed by atoms with van der Waals surface area (Å²) in [4.78, 5) is 19.8. The molecular formula is C25H33N3O2S. The molecule has 0 spiro atoms. The molecule has 1 N–H and O–H groups in total. The molecule has 3 heterocycles. The van der Waals surface area contributed by atoms with E-state index < -0.39 is 5.41 Å². The molecule has 1 aliphatic heterocycles. The molecule has 0 bridgehead atoms. The van der Waals surface area contributed by atoms with Crippen molar-refractivity contribution in [2.24, 2.45) is 11.3 Å². The first-order valence-corrected chi connectivity index (χ1v) is 12.2. The van der Waals surface area contributed by atoms with Crippen molar-refractivity contribution in [1.29, 1.82) is 0 Å². The van der Waals surface area contributed by atoms with Crippen LogP contribution in [0, 0.1) is 11.3 Å². The number of thiazole rings is 1. The molecule has 1 aromatic carbocycles. The third-order valence-electron chi connectivity index (χ3n) is 6.27. The van der Waals surface area contributed by atoms with Crippen LogP contribution in [-0.2, 0) is 17.8 Å². The van der Waals surface area contributed by atoms with Crippen LogP contribution in [0.15, 0.2) is 40.3 Å². The summed E-state index contributed by atoms with van der Waals surface area (Å²) < 4.78 is 6.09. The molecule has 1 unspecified atom stereocenters. The number of amides is 1. The molecule has 166 valence electrons. The van der Waals surface area contributed by atoms with E-state index in [4.69, 9.17) is 4.42 Å². The SMILES string of the molecule is CCc1oc2ccccc2c1CN1CCC(C(NC(=O)C(C)(C)C)c2nccs2)CC1. The molecule has 1 saturated heterocycles. The van der Waals surface area contributed by atoms with Crippen molar-refractivity contribution in [1.82, 2.24) is 15.2 Å². The number of hydrogen-bond acceptors (Lipinski definition) is 5. The summed E-state index contributed by atoms with van der Waals surface area (Å²) in [6, 6.07) is 8.34. The van der Waals surface area contributed by atoms with Gasteiger partial charge in [0.1, 0.15) is 16.4 Å². The Morgan fingerprint density at radius 2 is 2.03 bits per heavy atom. The Balaban J connectivity index is 1.45. The average Bonchev–Trinajstić information content (AvgIpc) is 3.40. The maximum atomic E-state index is 12.7. The average molecular weight is 440 g/mol. The van der Waals surface area contributed by atoms with E-state index in [9.17, 15) is 4.79 Å². The van der Waals surface area contributed by atoms with Crippen molar-refractivity contribution in [2.75, 3.05) is 13.1 Å². The van der Waals surface area contributed by atoms with Gasteiger partial charge in [0.15, 0.2) is 0 Å². The quantitative estimate of drug-likeness (QED) is 0.546. The molecule has 31 heavy (non-hydrogen) atoms. The van der Waals surface area contributed by atoms with Crippen LogP contribution in [0.2, 0.25) is 0 Å². The second-order valence-electron chi connectivity index (χ2n) is 9.54. The second-order valence-corrected chi connectivity index (χ2v) is 10.5. The zero-order chi connectivity index (χ0) is 22.0. The third-order valence-corrected chi connectivity index (χ3v) is 7.13. The van der Waals surface area contributed by atoms with Gasteiger partial charge in [0.2, 0.25) is 5.91 Å². The molecule has 5 nitrogen and oxygen atoms in total. The fraction of sp³-hybridized carbons (Fsp3) is 0.520. The summed E-state index contributed by atoms with van der Waals surface area (Å²) in [5.41, 5.74) is 1.90. The number of likely N-dealkylation sites (tertiary alicyclic amines) is 1. The fourth-order valence-corrected chi connectivity index (χ4v) is 5.18. The molecule has 1 fully saturated rings. The van der Waals surface area contributed by atoms with Crippen molar-refractivity contribution in [3.63, 3.8) is 0 Å². The lowest BCUT2D eigenvalue weighted by molar-refractivity contribution is -0.129. The van der Waals surface area contributed by atoms with E-state index >= 15 is 0 Å². The van der Waals surface area contributed by atoms with Crippen LogP contribution in [0.5, 0.6) is 0 Å². The van der Waals surface area contributed by atoms with Crippen molar-refractivity contribution in [3.8, 4) is 0 Å². The first-order valence-electron chi connectivity index (χ1n) is 11.3. The predicted octanol–water partition coefficient (Wildman–Crippen LogP) is 5.57. The number of nitrogens with one attached hydrogen (secondary N) is 1. The minimum atomic E-state index is -0.408. The number of para-hydroxylation sites is 1. The van der Waals surface area contributed by atoms with E-state index in [0.29, 0.717) is 5.92 Å². The number of carbonyl (C=O) groups excluding carboxylic acids is 1. The highest BCUT2D eigenvalue weighted by Gasteiger charge is 2.33. The molecule has 0 radical (unpaired) electrons. The highest BCUT2D eigenvalue weighted by Crippen LogP contribution is 2.34. The molecule has 2 aromatic heterocycles. The fourth-order valence-electron chi connectivity index (χ4n) is 4.40. The van der Waals surface area contributed by atoms with Crippen LogP contribution in [0.1, 0.15) is 62.9 Å². The topological polar surface area (TPSA) is 58.4 Å². The Morgan fingerprint density at radius 3 is 2.68 bits per heavy atom. The number of hydrogen-bond donors (Lipinski definition) is 1. The molecule has 3 aromatic rings. The van der Waals surface area contributed by atoms with E-state index in [2.05, 4.69) is 40.3 Å². The van der Waals surface area contributed by atoms with Gasteiger partial charge in [-0.15, -0.1) is 11.3 Å². The van der Waals surface area contributed by atoms with E-state index in [-0.39, 0.29) is 11.9 Å². The van der Waals surface area contributed by atoms with Gasteiger partial charge in [-0.05, 0) is 37.9 Å². The summed E-state index contributed by atoms with van der Waals surface area (Å²) in [5.74, 6) is 1.59. The Hall–Kier alpha value is -2.18. The number of aryl methyl sites for hydroxylation is 1. The van der Waals surface area contributed by atoms with Gasteiger partial charge in [0.25, 0.3) is 0 Å². The predicted molar refractivity (Wildman–Crippen MR) is 126 cm³/mol. The number of rotatable bonds is 6. The Labute approximate surface area is 188 Å². The summed E-state index contributed by atoms with van der Waals surface area (Å²) in [7, 11) is 0. The highest BCUT2D eigenvalue weighted by molar-refractivity contribution is 7.09. The van der Waals surface area contributed by atoms with E-state index in [1.54, 1.807) is 11.3 Å². The second kappa shape index (κ2) is 9.13. The molecule has 1 aliphatic rings. The maximum Gasteiger partial charge on any atom is 0.225 e. The zero-order valence-electron chi connectivity index (χ0n) is 19.0. The smallest absolute Gasteiger partial charge is 0.225 e. The molecule has 1 amide bonds. The maximum absolute atomic E-state index is 12.7. The Morgan fingerprint density at radius 1 is 1.29 bits per heavy atom. The minimum absolute atomic E-state index is 0.00478. The van der Waals surface area contributed by atoms with Crippen molar-refractivity contribution in [2.45, 2.75) is 59.5 Å². The van der Waals surface area contributed by atoms with Gasteiger partial charge in [0, 0.05) is 40.9 Å². The lowest BCUT2D eigenvalue weighted by Crippen LogP contribution is -2.43. The standard InChI is InChI=1S/C25H33N3O2S/c1-5-20-19(18-8-6-7-9-21(18)30-20)16-28-13-10-17(11-14-28)22(23-26-12-15-31-23)27-24(29)25(2,3)4/h6-9,12,15,17,22H,5,10-11,13-14,16H2,1-4H3,(H,27,29). The monoisotopic (exact) mass is 439 g/mol. The van der Waals surface area contributed by atoms with E-state index in [1.807, 2.05) is 38.4 Å². The number of piperidine rings is 1. The molecule has 4 rings (SSSR count). The van der Waals surface area contributed by atoms with Crippen LogP contribution >= 0.6 is 11.3 Å². The molecular weight excluding hydrogens is 406 g/mol. The van der Waals surface area contributed by atoms with Crippen LogP contribution in [0.25, 0.3) is 11.0 Å². The molecule has 0 aliphatic carbocycles. The van der Waals surface area contributed by atoms with Gasteiger partial charge in [0.05, 0.1) is 6.04 Å². The number of nitrogens with zero attached hydrogens (tertiary/aromatic N) is 2. The van der Waals surface area contributed by atoms with Crippen molar-refractivity contribution in [3.05, 3.63) is 52.2 Å². The normalized spacial score (nSPS) is 17.2. The third kappa shape index (κ3) is 4.85. The first kappa shape index (κ1) is 22.0. The van der Waals surface area contributed by atoms with Gasteiger partial charge >= 0.3 is 0 Å². The molecule has 0 saturated carbocycles. The largest absolute Gasteiger partial charge is 0.461 e. The Bertz CT molecular complexity index is 1010. The van der Waals surface area contributed by atoms with Gasteiger partial charge in [-0.3, -0.25) is 9.69 Å². The van der Waals surface area contributed by atoms with Gasteiger partial charge in [-0.2, -0.15) is 0 Å². The number of furan rings is 1. The number of fused-ring (bicyclic) bond motifs is 1.